The highest BCUT2D eigenvalue weighted by Gasteiger charge is 2.06. The van der Waals surface area contributed by atoms with Crippen molar-refractivity contribution in [1.29, 1.82) is 0 Å². The van der Waals surface area contributed by atoms with Crippen LogP contribution in [0.2, 0.25) is 0 Å². The SMILES string of the molecule is CNCCCNC(=O)c1ccon1. The number of aromatic nitrogens is 1. The van der Waals surface area contributed by atoms with Gasteiger partial charge in [0.15, 0.2) is 5.69 Å². The summed E-state index contributed by atoms with van der Waals surface area (Å²) in [5.74, 6) is -0.190. The first-order valence-corrected chi connectivity index (χ1v) is 4.18. The Balaban J connectivity index is 2.19. The van der Waals surface area contributed by atoms with Gasteiger partial charge in [-0.15, -0.1) is 0 Å². The molecule has 1 aromatic heterocycles. The molecular weight excluding hydrogens is 170 g/mol. The molecule has 0 aliphatic carbocycles. The monoisotopic (exact) mass is 183 g/mol. The summed E-state index contributed by atoms with van der Waals surface area (Å²) in [6, 6.07) is 1.54. The Hall–Kier alpha value is -1.36. The van der Waals surface area contributed by atoms with Crippen molar-refractivity contribution in [3.63, 3.8) is 0 Å². The van der Waals surface area contributed by atoms with E-state index in [9.17, 15) is 4.79 Å². The fourth-order valence-electron chi connectivity index (χ4n) is 0.887. The zero-order chi connectivity index (χ0) is 9.52. The first kappa shape index (κ1) is 9.73. The highest BCUT2D eigenvalue weighted by Crippen LogP contribution is 1.92. The Labute approximate surface area is 76.5 Å². The highest BCUT2D eigenvalue weighted by atomic mass is 16.5. The molecular formula is C8H13N3O2. The van der Waals surface area contributed by atoms with E-state index in [-0.39, 0.29) is 5.91 Å². The molecule has 0 bridgehead atoms. The van der Waals surface area contributed by atoms with Crippen molar-refractivity contribution < 1.29 is 9.32 Å². The van der Waals surface area contributed by atoms with Crippen molar-refractivity contribution in [3.8, 4) is 0 Å². The predicted molar refractivity (Wildman–Crippen MR) is 47.4 cm³/mol. The number of nitrogens with one attached hydrogen (secondary N) is 2. The minimum atomic E-state index is -0.190. The minimum Gasteiger partial charge on any atom is -0.364 e. The Morgan fingerprint density at radius 2 is 2.46 bits per heavy atom. The van der Waals surface area contributed by atoms with E-state index in [0.717, 1.165) is 13.0 Å². The Bertz CT molecular complexity index is 246. The fourth-order valence-corrected chi connectivity index (χ4v) is 0.887. The van der Waals surface area contributed by atoms with E-state index in [1.165, 1.54) is 12.3 Å². The Kier molecular flexibility index (Phi) is 3.98. The van der Waals surface area contributed by atoms with Crippen LogP contribution in [-0.4, -0.2) is 31.2 Å². The number of amides is 1. The average molecular weight is 183 g/mol. The van der Waals surface area contributed by atoms with E-state index in [0.29, 0.717) is 12.2 Å². The highest BCUT2D eigenvalue weighted by molar-refractivity contribution is 5.91. The smallest absolute Gasteiger partial charge is 0.273 e. The van der Waals surface area contributed by atoms with Gasteiger partial charge in [-0.3, -0.25) is 4.79 Å². The minimum absolute atomic E-state index is 0.190. The summed E-state index contributed by atoms with van der Waals surface area (Å²) in [5, 5.41) is 9.22. The molecule has 0 fully saturated rings. The third kappa shape index (κ3) is 3.25. The summed E-state index contributed by atoms with van der Waals surface area (Å²) in [4.78, 5) is 11.2. The van der Waals surface area contributed by atoms with Gasteiger partial charge in [-0.2, -0.15) is 0 Å². The summed E-state index contributed by atoms with van der Waals surface area (Å²) in [6.07, 6.45) is 2.28. The zero-order valence-electron chi connectivity index (χ0n) is 7.54. The average Bonchev–Trinajstić information content (AvgIpc) is 2.65. The molecule has 0 aromatic carbocycles. The standard InChI is InChI=1S/C8H13N3O2/c1-9-4-2-5-10-8(12)7-3-6-13-11-7/h3,6,9H,2,4-5H2,1H3,(H,10,12). The van der Waals surface area contributed by atoms with E-state index in [1.807, 2.05) is 7.05 Å². The maximum atomic E-state index is 11.2. The molecule has 1 aromatic rings. The van der Waals surface area contributed by atoms with Gasteiger partial charge >= 0.3 is 0 Å². The molecule has 5 nitrogen and oxygen atoms in total. The maximum Gasteiger partial charge on any atom is 0.273 e. The summed E-state index contributed by atoms with van der Waals surface area (Å²) >= 11 is 0. The molecule has 0 aliphatic rings. The molecule has 5 heteroatoms. The van der Waals surface area contributed by atoms with Crippen molar-refractivity contribution >= 4 is 5.91 Å². The summed E-state index contributed by atoms with van der Waals surface area (Å²) < 4.78 is 4.54. The van der Waals surface area contributed by atoms with Gasteiger partial charge in [0.05, 0.1) is 0 Å². The van der Waals surface area contributed by atoms with Crippen molar-refractivity contribution in [2.45, 2.75) is 6.42 Å². The van der Waals surface area contributed by atoms with Gasteiger partial charge in [0.2, 0.25) is 0 Å². The Morgan fingerprint density at radius 1 is 1.62 bits per heavy atom. The van der Waals surface area contributed by atoms with Crippen molar-refractivity contribution in [1.82, 2.24) is 15.8 Å². The van der Waals surface area contributed by atoms with Crippen LogP contribution in [0.5, 0.6) is 0 Å². The lowest BCUT2D eigenvalue weighted by Crippen LogP contribution is -2.26. The van der Waals surface area contributed by atoms with Crippen molar-refractivity contribution in [3.05, 3.63) is 18.0 Å². The quantitative estimate of drug-likeness (QED) is 0.631. The topological polar surface area (TPSA) is 67.2 Å². The van der Waals surface area contributed by atoms with E-state index in [1.54, 1.807) is 0 Å². The van der Waals surface area contributed by atoms with Crippen LogP contribution < -0.4 is 10.6 Å². The Morgan fingerprint density at radius 3 is 3.08 bits per heavy atom. The number of nitrogens with zero attached hydrogens (tertiary/aromatic N) is 1. The molecule has 1 amide bonds. The molecule has 72 valence electrons. The zero-order valence-corrected chi connectivity index (χ0v) is 7.54. The van der Waals surface area contributed by atoms with Crippen molar-refractivity contribution in [2.75, 3.05) is 20.1 Å². The van der Waals surface area contributed by atoms with Crippen LogP contribution in [0.1, 0.15) is 16.9 Å². The molecule has 13 heavy (non-hydrogen) atoms. The van der Waals surface area contributed by atoms with E-state index >= 15 is 0 Å². The second kappa shape index (κ2) is 5.31. The van der Waals surface area contributed by atoms with E-state index in [2.05, 4.69) is 20.3 Å². The molecule has 0 atom stereocenters. The first-order chi connectivity index (χ1) is 6.34. The van der Waals surface area contributed by atoms with Gasteiger partial charge in [0.25, 0.3) is 5.91 Å². The molecule has 0 saturated carbocycles. The van der Waals surface area contributed by atoms with Gasteiger partial charge in [0.1, 0.15) is 6.26 Å². The van der Waals surface area contributed by atoms with Crippen LogP contribution in [0, 0.1) is 0 Å². The summed E-state index contributed by atoms with van der Waals surface area (Å²) in [7, 11) is 1.87. The van der Waals surface area contributed by atoms with Crippen molar-refractivity contribution in [2.24, 2.45) is 0 Å². The lowest BCUT2D eigenvalue weighted by atomic mass is 10.3. The fraction of sp³-hybridized carbons (Fsp3) is 0.500. The molecule has 0 radical (unpaired) electrons. The lowest BCUT2D eigenvalue weighted by Gasteiger charge is -2.01. The molecule has 0 saturated heterocycles. The van der Waals surface area contributed by atoms with Gasteiger partial charge in [-0.1, -0.05) is 5.16 Å². The van der Waals surface area contributed by atoms with Crippen LogP contribution in [-0.2, 0) is 0 Å². The normalized spacial score (nSPS) is 9.92. The van der Waals surface area contributed by atoms with Gasteiger partial charge in [-0.05, 0) is 20.0 Å². The van der Waals surface area contributed by atoms with Gasteiger partial charge < -0.3 is 15.2 Å². The number of hydrogen-bond donors (Lipinski definition) is 2. The van der Waals surface area contributed by atoms with Gasteiger partial charge in [0, 0.05) is 12.6 Å². The molecule has 0 aliphatic heterocycles. The summed E-state index contributed by atoms with van der Waals surface area (Å²) in [6.45, 7) is 1.53. The summed E-state index contributed by atoms with van der Waals surface area (Å²) in [5.41, 5.74) is 0.324. The maximum absolute atomic E-state index is 11.2. The third-order valence-corrected chi connectivity index (χ3v) is 1.56. The van der Waals surface area contributed by atoms with Gasteiger partial charge in [-0.25, -0.2) is 0 Å². The first-order valence-electron chi connectivity index (χ1n) is 4.18. The number of rotatable bonds is 5. The third-order valence-electron chi connectivity index (χ3n) is 1.56. The number of hydrogen-bond acceptors (Lipinski definition) is 4. The second-order valence-electron chi connectivity index (χ2n) is 2.60. The second-order valence-corrected chi connectivity index (χ2v) is 2.60. The van der Waals surface area contributed by atoms with Crippen LogP contribution >= 0.6 is 0 Å². The number of carbonyl (C=O) groups excluding carboxylic acids is 1. The molecule has 1 rings (SSSR count). The van der Waals surface area contributed by atoms with Crippen LogP contribution in [0.3, 0.4) is 0 Å². The molecule has 1 heterocycles. The predicted octanol–water partition coefficient (Wildman–Crippen LogP) is 0.0139. The molecule has 0 spiro atoms. The molecule has 0 unspecified atom stereocenters. The lowest BCUT2D eigenvalue weighted by molar-refractivity contribution is 0.0944. The van der Waals surface area contributed by atoms with Crippen LogP contribution in [0.25, 0.3) is 0 Å². The molecule has 2 N–H and O–H groups in total. The van der Waals surface area contributed by atoms with Crippen LogP contribution in [0.15, 0.2) is 16.9 Å². The largest absolute Gasteiger partial charge is 0.364 e. The van der Waals surface area contributed by atoms with Crippen LogP contribution in [0.4, 0.5) is 0 Å². The van der Waals surface area contributed by atoms with E-state index in [4.69, 9.17) is 0 Å². The number of carbonyl (C=O) groups is 1. The van der Waals surface area contributed by atoms with E-state index < -0.39 is 0 Å².